The summed E-state index contributed by atoms with van der Waals surface area (Å²) in [6.45, 7) is 4.15. The monoisotopic (exact) mass is 596 g/mol. The molecule has 2 heterocycles. The Morgan fingerprint density at radius 1 is 0.778 bits per heavy atom. The summed E-state index contributed by atoms with van der Waals surface area (Å²) in [5.74, 6) is -2.52. The molecule has 3 aliphatic carbocycles. The van der Waals surface area contributed by atoms with E-state index in [1.54, 1.807) is 23.1 Å². The van der Waals surface area contributed by atoms with Crippen LogP contribution in [-0.2, 0) is 25.6 Å². The molecule has 7 heteroatoms. The zero-order valence-electron chi connectivity index (χ0n) is 25.1. The number of amides is 3. The number of benzene rings is 4. The first-order valence-electron chi connectivity index (χ1n) is 15.6. The van der Waals surface area contributed by atoms with E-state index in [1.807, 2.05) is 55.5 Å². The molecular weight excluding hydrogens is 564 g/mol. The largest absolute Gasteiger partial charge is 0.426 e. The summed E-state index contributed by atoms with van der Waals surface area (Å²) in [7, 11) is 0. The minimum atomic E-state index is -0.591. The van der Waals surface area contributed by atoms with Gasteiger partial charge in [0, 0.05) is 30.5 Å². The van der Waals surface area contributed by atoms with E-state index in [1.165, 1.54) is 10.5 Å². The number of ether oxygens (including phenoxy) is 1. The van der Waals surface area contributed by atoms with Gasteiger partial charge in [0.15, 0.2) is 0 Å². The lowest BCUT2D eigenvalue weighted by Crippen LogP contribution is -2.41. The highest BCUT2D eigenvalue weighted by atomic mass is 16.5. The van der Waals surface area contributed by atoms with Crippen molar-refractivity contribution in [1.82, 2.24) is 0 Å². The third kappa shape index (κ3) is 4.10. The number of carbonyl (C=O) groups excluding carboxylic acids is 4. The third-order valence-electron chi connectivity index (χ3n) is 10.2. The van der Waals surface area contributed by atoms with Crippen molar-refractivity contribution in [3.05, 3.63) is 124 Å². The van der Waals surface area contributed by atoms with E-state index in [-0.39, 0.29) is 42.5 Å². The summed E-state index contributed by atoms with van der Waals surface area (Å²) in [5, 5.41) is 0. The van der Waals surface area contributed by atoms with Crippen molar-refractivity contribution in [2.24, 2.45) is 17.8 Å². The minimum Gasteiger partial charge on any atom is -0.426 e. The Bertz CT molecular complexity index is 1800. The van der Waals surface area contributed by atoms with Gasteiger partial charge in [0.05, 0.1) is 23.4 Å². The van der Waals surface area contributed by atoms with Gasteiger partial charge in [0.25, 0.3) is 0 Å². The predicted octanol–water partition coefficient (Wildman–Crippen LogP) is 5.91. The molecule has 2 fully saturated rings. The molecule has 3 amide bonds. The fourth-order valence-corrected chi connectivity index (χ4v) is 8.08. The van der Waals surface area contributed by atoms with Crippen LogP contribution in [-0.4, -0.2) is 30.2 Å². The molecule has 0 aromatic heterocycles. The molecule has 9 rings (SSSR count). The molecule has 0 saturated carbocycles. The number of anilines is 2. The molecule has 0 spiro atoms. The summed E-state index contributed by atoms with van der Waals surface area (Å²) < 4.78 is 5.74. The normalized spacial score (nSPS) is 24.5. The van der Waals surface area contributed by atoms with E-state index in [2.05, 4.69) is 31.2 Å². The maximum absolute atomic E-state index is 14.1. The second-order valence-electron chi connectivity index (χ2n) is 12.6. The highest BCUT2D eigenvalue weighted by Crippen LogP contribution is 2.61. The molecule has 2 bridgehead atoms. The second-order valence-corrected chi connectivity index (χ2v) is 12.6. The first-order chi connectivity index (χ1) is 21.9. The Morgan fingerprint density at radius 2 is 1.33 bits per heavy atom. The van der Waals surface area contributed by atoms with Crippen molar-refractivity contribution in [2.45, 2.75) is 38.5 Å². The van der Waals surface area contributed by atoms with Crippen LogP contribution < -0.4 is 14.5 Å². The molecule has 2 aliphatic heterocycles. The first kappa shape index (κ1) is 27.5. The standard InChI is InChI=1S/C38H32N2O5/c1-3-22-12-14-24(15-13-22)39-20-23(19-31(39)41)38(44)45-25-16-17-30(21(2)18-25)40-36(42)34-32-26-8-4-5-9-27(26)33(35(34)37(40)43)29-11-7-6-10-28(29)32/h4-18,23,32-35H,3,19-20H2,1-2H3/t23-,32?,33?,34-,35+/m1/s1. The van der Waals surface area contributed by atoms with E-state index >= 15 is 0 Å². The van der Waals surface area contributed by atoms with Crippen LogP contribution in [0.5, 0.6) is 5.75 Å². The molecule has 4 aromatic carbocycles. The number of hydrogen-bond acceptors (Lipinski definition) is 5. The molecule has 224 valence electrons. The molecule has 45 heavy (non-hydrogen) atoms. The van der Waals surface area contributed by atoms with Crippen LogP contribution in [0.15, 0.2) is 91.0 Å². The maximum Gasteiger partial charge on any atom is 0.316 e. The highest BCUT2D eigenvalue weighted by Gasteiger charge is 2.61. The summed E-state index contributed by atoms with van der Waals surface area (Å²) in [6, 6.07) is 29.2. The molecule has 0 radical (unpaired) electrons. The molecule has 0 N–H and O–H groups in total. The Hall–Kier alpha value is -5.04. The van der Waals surface area contributed by atoms with Crippen molar-refractivity contribution in [1.29, 1.82) is 0 Å². The van der Waals surface area contributed by atoms with Crippen molar-refractivity contribution >= 4 is 35.1 Å². The van der Waals surface area contributed by atoms with E-state index in [4.69, 9.17) is 4.74 Å². The van der Waals surface area contributed by atoms with Gasteiger partial charge in [-0.3, -0.25) is 19.2 Å². The average molecular weight is 597 g/mol. The van der Waals surface area contributed by atoms with Gasteiger partial charge in [-0.05, 0) is 77.1 Å². The lowest BCUT2D eigenvalue weighted by Gasteiger charge is -2.45. The highest BCUT2D eigenvalue weighted by molar-refractivity contribution is 6.23. The number of esters is 1. The van der Waals surface area contributed by atoms with Gasteiger partial charge in [0.2, 0.25) is 17.7 Å². The number of carbonyl (C=O) groups is 4. The fourth-order valence-electron chi connectivity index (χ4n) is 8.08. The molecule has 4 aromatic rings. The zero-order chi connectivity index (χ0) is 31.0. The zero-order valence-corrected chi connectivity index (χ0v) is 25.1. The van der Waals surface area contributed by atoms with Crippen LogP contribution in [0.25, 0.3) is 0 Å². The SMILES string of the molecule is CCc1ccc(N2C[C@H](C(=O)Oc3ccc(N4C(=O)[C@@H]5C6c7ccccc7C(c7ccccc76)[C@@H]5C4=O)c(C)c3)CC2=O)cc1. The lowest BCUT2D eigenvalue weighted by atomic mass is 9.55. The Labute approximate surface area is 261 Å². The van der Waals surface area contributed by atoms with Crippen LogP contribution in [0, 0.1) is 24.7 Å². The summed E-state index contributed by atoms with van der Waals surface area (Å²) >= 11 is 0. The van der Waals surface area contributed by atoms with Gasteiger partial charge < -0.3 is 9.64 Å². The van der Waals surface area contributed by atoms with Crippen molar-refractivity contribution < 1.29 is 23.9 Å². The lowest BCUT2D eigenvalue weighted by molar-refractivity contribution is -0.139. The topological polar surface area (TPSA) is 84.0 Å². The summed E-state index contributed by atoms with van der Waals surface area (Å²) in [5.41, 5.74) is 7.63. The van der Waals surface area contributed by atoms with Crippen LogP contribution in [0.4, 0.5) is 11.4 Å². The molecule has 7 nitrogen and oxygen atoms in total. The molecule has 5 aliphatic rings. The van der Waals surface area contributed by atoms with Gasteiger partial charge in [-0.15, -0.1) is 0 Å². The van der Waals surface area contributed by atoms with Crippen molar-refractivity contribution in [3.63, 3.8) is 0 Å². The second kappa shape index (κ2) is 10.3. The van der Waals surface area contributed by atoms with Gasteiger partial charge in [0.1, 0.15) is 5.75 Å². The summed E-state index contributed by atoms with van der Waals surface area (Å²) in [6.07, 6.45) is 0.990. The van der Waals surface area contributed by atoms with Crippen LogP contribution in [0.3, 0.4) is 0 Å². The first-order valence-corrected chi connectivity index (χ1v) is 15.6. The third-order valence-corrected chi connectivity index (χ3v) is 10.2. The smallest absolute Gasteiger partial charge is 0.316 e. The quantitative estimate of drug-likeness (QED) is 0.162. The van der Waals surface area contributed by atoms with E-state index in [9.17, 15) is 19.2 Å². The Balaban J connectivity index is 1.03. The molecule has 0 unspecified atom stereocenters. The van der Waals surface area contributed by atoms with Crippen LogP contribution >= 0.6 is 0 Å². The summed E-state index contributed by atoms with van der Waals surface area (Å²) in [4.78, 5) is 57.2. The molecule has 2 saturated heterocycles. The maximum atomic E-state index is 14.1. The molecular formula is C38H32N2O5. The predicted molar refractivity (Wildman–Crippen MR) is 169 cm³/mol. The van der Waals surface area contributed by atoms with E-state index in [0.29, 0.717) is 17.0 Å². The number of hydrogen-bond donors (Lipinski definition) is 0. The van der Waals surface area contributed by atoms with Gasteiger partial charge >= 0.3 is 5.97 Å². The fraction of sp³-hybridized carbons (Fsp3) is 0.263. The van der Waals surface area contributed by atoms with Crippen LogP contribution in [0.2, 0.25) is 0 Å². The Kier molecular flexibility index (Phi) is 6.27. The van der Waals surface area contributed by atoms with Crippen molar-refractivity contribution in [2.75, 3.05) is 16.3 Å². The average Bonchev–Trinajstić information content (AvgIpc) is 3.58. The minimum absolute atomic E-state index is 0.0814. The number of imide groups is 1. The van der Waals surface area contributed by atoms with Gasteiger partial charge in [-0.25, -0.2) is 4.90 Å². The molecule has 3 atom stereocenters. The van der Waals surface area contributed by atoms with Crippen LogP contribution in [0.1, 0.15) is 58.6 Å². The van der Waals surface area contributed by atoms with Crippen molar-refractivity contribution in [3.8, 4) is 5.75 Å². The van der Waals surface area contributed by atoms with Gasteiger partial charge in [-0.1, -0.05) is 67.6 Å². The van der Waals surface area contributed by atoms with Gasteiger partial charge in [-0.2, -0.15) is 0 Å². The number of nitrogens with zero attached hydrogens (tertiary/aromatic N) is 2. The van der Waals surface area contributed by atoms with E-state index < -0.39 is 23.7 Å². The number of aryl methyl sites for hydroxylation is 2. The van der Waals surface area contributed by atoms with E-state index in [0.717, 1.165) is 34.4 Å². The number of rotatable bonds is 5. The Morgan fingerprint density at radius 3 is 1.84 bits per heavy atom.